The fraction of sp³-hybridized carbons (Fsp3) is 0.474. The Morgan fingerprint density at radius 1 is 1.38 bits per heavy atom. The van der Waals surface area contributed by atoms with Crippen molar-refractivity contribution >= 4 is 33.6 Å². The van der Waals surface area contributed by atoms with Gasteiger partial charge in [-0.3, -0.25) is 4.79 Å². The largest absolute Gasteiger partial charge is 0.377 e. The summed E-state index contributed by atoms with van der Waals surface area (Å²) in [5.41, 5.74) is 2.03. The topological polar surface area (TPSA) is 56.1 Å². The van der Waals surface area contributed by atoms with Crippen LogP contribution in [0.15, 0.2) is 28.2 Å². The van der Waals surface area contributed by atoms with E-state index in [0.29, 0.717) is 5.92 Å². The SMILES string of the molecule is C[C@H]1CCCC[C@H]1NC(=O)/C(C#N)=C/c1ccc(N(C)C)c(Br)c1. The second kappa shape index (κ2) is 8.34. The van der Waals surface area contributed by atoms with Crippen LogP contribution in [-0.2, 0) is 4.79 Å². The molecule has 4 nitrogen and oxygen atoms in total. The number of anilines is 1. The summed E-state index contributed by atoms with van der Waals surface area (Å²) in [5.74, 6) is 0.195. The number of carbonyl (C=O) groups is 1. The first kappa shape index (κ1) is 18.5. The maximum absolute atomic E-state index is 12.4. The molecule has 2 rings (SSSR count). The molecule has 2 atom stereocenters. The average molecular weight is 390 g/mol. The number of nitrogens with one attached hydrogen (secondary N) is 1. The summed E-state index contributed by atoms with van der Waals surface area (Å²) in [4.78, 5) is 14.4. The quantitative estimate of drug-likeness (QED) is 0.622. The number of nitriles is 1. The Balaban J connectivity index is 2.15. The van der Waals surface area contributed by atoms with Gasteiger partial charge in [-0.15, -0.1) is 0 Å². The molecular weight excluding hydrogens is 366 g/mol. The minimum atomic E-state index is -0.274. The Morgan fingerprint density at radius 3 is 2.67 bits per heavy atom. The highest BCUT2D eigenvalue weighted by atomic mass is 79.9. The van der Waals surface area contributed by atoms with Crippen LogP contribution in [0.3, 0.4) is 0 Å². The first-order chi connectivity index (χ1) is 11.4. The van der Waals surface area contributed by atoms with E-state index >= 15 is 0 Å². The number of hydrogen-bond donors (Lipinski definition) is 1. The van der Waals surface area contributed by atoms with Crippen molar-refractivity contribution in [1.29, 1.82) is 5.26 Å². The minimum absolute atomic E-state index is 0.150. The van der Waals surface area contributed by atoms with Crippen LogP contribution in [0.5, 0.6) is 0 Å². The van der Waals surface area contributed by atoms with Crippen LogP contribution in [-0.4, -0.2) is 26.0 Å². The molecule has 1 N–H and O–H groups in total. The first-order valence-corrected chi connectivity index (χ1v) is 9.11. The predicted molar refractivity (Wildman–Crippen MR) is 102 cm³/mol. The number of nitrogens with zero attached hydrogens (tertiary/aromatic N) is 2. The van der Waals surface area contributed by atoms with E-state index in [1.165, 1.54) is 6.42 Å². The minimum Gasteiger partial charge on any atom is -0.377 e. The van der Waals surface area contributed by atoms with Crippen LogP contribution in [0.4, 0.5) is 5.69 Å². The van der Waals surface area contributed by atoms with Gasteiger partial charge >= 0.3 is 0 Å². The molecule has 0 radical (unpaired) electrons. The molecule has 0 unspecified atom stereocenters. The highest BCUT2D eigenvalue weighted by Gasteiger charge is 2.24. The molecule has 1 aromatic rings. The van der Waals surface area contributed by atoms with Gasteiger partial charge in [0.15, 0.2) is 0 Å². The summed E-state index contributed by atoms with van der Waals surface area (Å²) in [6.07, 6.45) is 6.14. The van der Waals surface area contributed by atoms with Gasteiger partial charge in [-0.2, -0.15) is 5.26 Å². The average Bonchev–Trinajstić information content (AvgIpc) is 2.54. The zero-order chi connectivity index (χ0) is 17.7. The van der Waals surface area contributed by atoms with Crippen LogP contribution in [0.1, 0.15) is 38.2 Å². The smallest absolute Gasteiger partial charge is 0.262 e. The van der Waals surface area contributed by atoms with Crippen LogP contribution >= 0.6 is 15.9 Å². The molecule has 24 heavy (non-hydrogen) atoms. The number of carbonyl (C=O) groups excluding carboxylic acids is 1. The van der Waals surface area contributed by atoms with E-state index in [1.807, 2.05) is 43.3 Å². The molecule has 1 amide bonds. The fourth-order valence-corrected chi connectivity index (χ4v) is 3.82. The number of halogens is 1. The number of hydrogen-bond acceptors (Lipinski definition) is 3. The van der Waals surface area contributed by atoms with Crippen molar-refractivity contribution in [2.45, 2.75) is 38.6 Å². The molecule has 1 fully saturated rings. The maximum Gasteiger partial charge on any atom is 0.262 e. The number of amides is 1. The fourth-order valence-electron chi connectivity index (χ4n) is 3.07. The third-order valence-corrected chi connectivity index (χ3v) is 5.19. The van der Waals surface area contributed by atoms with Gasteiger partial charge in [0.25, 0.3) is 5.91 Å². The zero-order valence-corrected chi connectivity index (χ0v) is 16.1. The molecule has 0 spiro atoms. The number of rotatable bonds is 4. The summed E-state index contributed by atoms with van der Waals surface area (Å²) in [6, 6.07) is 8.00. The van der Waals surface area contributed by atoms with Gasteiger partial charge in [0.05, 0.1) is 5.69 Å². The van der Waals surface area contributed by atoms with Gasteiger partial charge in [-0.1, -0.05) is 25.8 Å². The molecule has 0 aliphatic heterocycles. The van der Waals surface area contributed by atoms with Gasteiger partial charge in [0.1, 0.15) is 11.6 Å². The van der Waals surface area contributed by atoms with E-state index in [0.717, 1.165) is 35.0 Å². The summed E-state index contributed by atoms with van der Waals surface area (Å²) in [7, 11) is 3.93. The highest BCUT2D eigenvalue weighted by molar-refractivity contribution is 9.10. The van der Waals surface area contributed by atoms with Gasteiger partial charge in [-0.25, -0.2) is 0 Å². The molecule has 128 valence electrons. The maximum atomic E-state index is 12.4. The van der Waals surface area contributed by atoms with Crippen molar-refractivity contribution in [3.05, 3.63) is 33.8 Å². The zero-order valence-electron chi connectivity index (χ0n) is 14.5. The number of benzene rings is 1. The monoisotopic (exact) mass is 389 g/mol. The molecular formula is C19H24BrN3O. The molecule has 1 aliphatic carbocycles. The Morgan fingerprint density at radius 2 is 2.08 bits per heavy atom. The lowest BCUT2D eigenvalue weighted by molar-refractivity contribution is -0.118. The van der Waals surface area contributed by atoms with E-state index in [-0.39, 0.29) is 17.5 Å². The van der Waals surface area contributed by atoms with Crippen molar-refractivity contribution in [3.8, 4) is 6.07 Å². The Hall–Kier alpha value is -1.80. The molecule has 1 aromatic carbocycles. The lowest BCUT2D eigenvalue weighted by Crippen LogP contribution is -2.41. The Labute approximate surface area is 152 Å². The standard InChI is InChI=1S/C19H24BrN3O/c1-13-6-4-5-7-17(13)22-19(24)15(12-21)10-14-8-9-18(23(2)3)16(20)11-14/h8-11,13,17H,4-7H2,1-3H3,(H,22,24)/b15-10+/t13-,17+/m0/s1. The summed E-state index contributed by atoms with van der Waals surface area (Å²) in [6.45, 7) is 2.16. The first-order valence-electron chi connectivity index (χ1n) is 8.32. The summed E-state index contributed by atoms with van der Waals surface area (Å²) in [5, 5.41) is 12.4. The molecule has 0 bridgehead atoms. The third kappa shape index (κ3) is 4.61. The predicted octanol–water partition coefficient (Wildman–Crippen LogP) is 4.12. The summed E-state index contributed by atoms with van der Waals surface area (Å²) >= 11 is 3.53. The molecule has 0 saturated heterocycles. The van der Waals surface area contributed by atoms with E-state index in [4.69, 9.17) is 0 Å². The summed E-state index contributed by atoms with van der Waals surface area (Å²) < 4.78 is 0.930. The molecule has 0 heterocycles. The van der Waals surface area contributed by atoms with Crippen LogP contribution in [0, 0.1) is 17.2 Å². The normalized spacial score (nSPS) is 21.0. The van der Waals surface area contributed by atoms with Gasteiger partial charge < -0.3 is 10.2 Å². The van der Waals surface area contributed by atoms with Gasteiger partial charge in [0.2, 0.25) is 0 Å². The van der Waals surface area contributed by atoms with E-state index in [1.54, 1.807) is 6.08 Å². The van der Waals surface area contributed by atoms with Crippen LogP contribution in [0.25, 0.3) is 6.08 Å². The van der Waals surface area contributed by atoms with Crippen LogP contribution in [0.2, 0.25) is 0 Å². The Kier molecular flexibility index (Phi) is 6.44. The Bertz CT molecular complexity index is 676. The van der Waals surface area contributed by atoms with Crippen molar-refractivity contribution in [3.63, 3.8) is 0 Å². The van der Waals surface area contributed by atoms with E-state index < -0.39 is 0 Å². The van der Waals surface area contributed by atoms with Crippen molar-refractivity contribution < 1.29 is 4.79 Å². The second-order valence-electron chi connectivity index (χ2n) is 6.62. The molecule has 1 saturated carbocycles. The lowest BCUT2D eigenvalue weighted by Gasteiger charge is -2.29. The molecule has 0 aromatic heterocycles. The third-order valence-electron chi connectivity index (χ3n) is 4.56. The molecule has 5 heteroatoms. The van der Waals surface area contributed by atoms with E-state index in [2.05, 4.69) is 28.2 Å². The van der Waals surface area contributed by atoms with E-state index in [9.17, 15) is 10.1 Å². The highest BCUT2D eigenvalue weighted by Crippen LogP contribution is 2.27. The van der Waals surface area contributed by atoms with Crippen molar-refractivity contribution in [1.82, 2.24) is 5.32 Å². The van der Waals surface area contributed by atoms with Crippen LogP contribution < -0.4 is 10.2 Å². The van der Waals surface area contributed by atoms with Crippen molar-refractivity contribution in [2.75, 3.05) is 19.0 Å². The second-order valence-corrected chi connectivity index (χ2v) is 7.47. The van der Waals surface area contributed by atoms with Gasteiger partial charge in [-0.05, 0) is 58.5 Å². The lowest BCUT2D eigenvalue weighted by atomic mass is 9.86. The van der Waals surface area contributed by atoms with Gasteiger partial charge in [0, 0.05) is 24.6 Å². The van der Waals surface area contributed by atoms with Crippen molar-refractivity contribution in [2.24, 2.45) is 5.92 Å². The molecule has 1 aliphatic rings.